The van der Waals surface area contributed by atoms with Gasteiger partial charge in [0.1, 0.15) is 0 Å². The minimum absolute atomic E-state index is 0.610. The summed E-state index contributed by atoms with van der Waals surface area (Å²) in [6.07, 6.45) is 2.52. The molecule has 0 aromatic carbocycles. The summed E-state index contributed by atoms with van der Waals surface area (Å²) < 4.78 is 0. The van der Waals surface area contributed by atoms with E-state index < -0.39 is 8.07 Å². The van der Waals surface area contributed by atoms with Crippen molar-refractivity contribution in [3.63, 3.8) is 0 Å². The predicted octanol–water partition coefficient (Wildman–Crippen LogP) is 3.84. The van der Waals surface area contributed by atoms with Crippen molar-refractivity contribution in [2.75, 3.05) is 0 Å². The van der Waals surface area contributed by atoms with Gasteiger partial charge in [0, 0.05) is 21.9 Å². The van der Waals surface area contributed by atoms with Crippen molar-refractivity contribution >= 4 is 18.3 Å². The van der Waals surface area contributed by atoms with Gasteiger partial charge in [-0.05, 0) is 26.7 Å². The van der Waals surface area contributed by atoms with Crippen LogP contribution >= 0.6 is 0 Å². The van der Waals surface area contributed by atoms with Crippen LogP contribution in [0.5, 0.6) is 0 Å². The van der Waals surface area contributed by atoms with Crippen molar-refractivity contribution in [1.29, 1.82) is 0 Å². The maximum absolute atomic E-state index is 4.05. The van der Waals surface area contributed by atoms with Gasteiger partial charge in [-0.3, -0.25) is 0 Å². The zero-order chi connectivity index (χ0) is 15.1. The third kappa shape index (κ3) is 4.87. The van der Waals surface area contributed by atoms with E-state index in [1.165, 1.54) is 41.2 Å². The van der Waals surface area contributed by atoms with Gasteiger partial charge in [0.15, 0.2) is 0 Å². The Morgan fingerprint density at radius 1 is 0.947 bits per heavy atom. The van der Waals surface area contributed by atoms with Crippen LogP contribution in [-0.2, 0) is 0 Å². The number of allylic oxidation sites excluding steroid dienone is 1. The minimum Gasteiger partial charge on any atom is -0.310 e. The van der Waals surface area contributed by atoms with E-state index in [0.717, 1.165) is 5.67 Å². The summed E-state index contributed by atoms with van der Waals surface area (Å²) in [5.41, 5.74) is 2.40. The zero-order valence-corrected chi connectivity index (χ0v) is 17.7. The molecule has 0 fully saturated rings. The Kier molecular flexibility index (Phi) is 9.20. The molecule has 2 unspecified atom stereocenters. The zero-order valence-electron chi connectivity index (χ0n) is 14.7. The first-order valence-electron chi connectivity index (χ1n) is 8.32. The highest BCUT2D eigenvalue weighted by Gasteiger charge is 2.36. The van der Waals surface area contributed by atoms with E-state index in [9.17, 15) is 0 Å². The van der Waals surface area contributed by atoms with Crippen molar-refractivity contribution in [3.05, 3.63) is 10.8 Å². The smallest absolute Gasteiger partial charge is 0.0718 e. The van der Waals surface area contributed by atoms with Crippen LogP contribution in [0.3, 0.4) is 0 Å². The summed E-state index contributed by atoms with van der Waals surface area (Å²) in [4.78, 5) is 0. The van der Waals surface area contributed by atoms with E-state index in [1.54, 1.807) is 10.8 Å². The van der Waals surface area contributed by atoms with E-state index in [1.807, 2.05) is 0 Å². The third-order valence-electron chi connectivity index (χ3n) is 5.38. The Morgan fingerprint density at radius 2 is 1.42 bits per heavy atom. The molecular formula is C16H37NSi2. The molecule has 0 aliphatic heterocycles. The van der Waals surface area contributed by atoms with E-state index in [4.69, 9.17) is 0 Å². The van der Waals surface area contributed by atoms with Crippen LogP contribution in [0.25, 0.3) is 0 Å². The molecule has 3 heteroatoms. The lowest BCUT2D eigenvalue weighted by Gasteiger charge is -2.40. The van der Waals surface area contributed by atoms with Gasteiger partial charge in [-0.15, -0.1) is 0 Å². The topological polar surface area (TPSA) is 12.0 Å². The summed E-state index contributed by atoms with van der Waals surface area (Å²) in [7, 11) is 0.0713. The molecule has 1 nitrogen and oxygen atoms in total. The first kappa shape index (κ1) is 19.1. The quantitative estimate of drug-likeness (QED) is 0.638. The fourth-order valence-electron chi connectivity index (χ4n) is 3.36. The molecule has 19 heavy (non-hydrogen) atoms. The lowest BCUT2D eigenvalue weighted by Crippen LogP contribution is -2.56. The lowest BCUT2D eigenvalue weighted by molar-refractivity contribution is 0.503. The highest BCUT2D eigenvalue weighted by atomic mass is 28.3. The average Bonchev–Trinajstić information content (AvgIpc) is 2.43. The molecule has 0 aromatic heterocycles. The lowest BCUT2D eigenvalue weighted by atomic mass is 10.1. The van der Waals surface area contributed by atoms with Crippen molar-refractivity contribution in [1.82, 2.24) is 5.32 Å². The van der Waals surface area contributed by atoms with E-state index >= 15 is 0 Å². The predicted molar refractivity (Wildman–Crippen MR) is 96.8 cm³/mol. The van der Waals surface area contributed by atoms with E-state index in [0.29, 0.717) is 6.04 Å². The summed E-state index contributed by atoms with van der Waals surface area (Å²) in [5.74, 6) is 0. The summed E-state index contributed by atoms with van der Waals surface area (Å²) >= 11 is 0. The van der Waals surface area contributed by atoms with Crippen LogP contribution in [0, 0.1) is 0 Å². The van der Waals surface area contributed by atoms with Crippen molar-refractivity contribution in [2.24, 2.45) is 0 Å². The normalized spacial score (nSPS) is 17.2. The molecule has 1 N–H and O–H groups in total. The van der Waals surface area contributed by atoms with Crippen molar-refractivity contribution in [2.45, 2.75) is 91.1 Å². The molecule has 0 rings (SSSR count). The minimum atomic E-state index is -1.13. The molecule has 0 spiro atoms. The van der Waals surface area contributed by atoms with E-state index in [2.05, 4.69) is 53.8 Å². The van der Waals surface area contributed by atoms with Crippen molar-refractivity contribution in [3.8, 4) is 0 Å². The monoisotopic (exact) mass is 299 g/mol. The summed E-state index contributed by atoms with van der Waals surface area (Å²) in [6.45, 7) is 16.6. The van der Waals surface area contributed by atoms with Gasteiger partial charge < -0.3 is 5.32 Å². The highest BCUT2D eigenvalue weighted by Crippen LogP contribution is 2.27. The number of hydrogen-bond donors (Lipinski definition) is 1. The molecule has 0 saturated carbocycles. The fourth-order valence-corrected chi connectivity index (χ4v) is 8.10. The Hall–Kier alpha value is 0.134. The Labute approximate surface area is 126 Å². The number of nitrogens with one attached hydrogen (secondary N) is 1. The standard InChI is InChI=1S/C16H37NSi2/c1-8-15(13(6)14(7)18)17-16(9-2)19(10-3,11-4)12-5/h15-17H,8-12H2,1-7,18H3. The van der Waals surface area contributed by atoms with Crippen LogP contribution in [0.15, 0.2) is 10.8 Å². The maximum Gasteiger partial charge on any atom is 0.0718 e. The second kappa shape index (κ2) is 9.14. The molecule has 0 aromatic rings. The Morgan fingerprint density at radius 3 is 1.68 bits per heavy atom. The van der Waals surface area contributed by atoms with Crippen LogP contribution in [0.2, 0.25) is 18.1 Å². The van der Waals surface area contributed by atoms with Gasteiger partial charge >= 0.3 is 0 Å². The maximum atomic E-state index is 4.05. The number of rotatable bonds is 9. The van der Waals surface area contributed by atoms with Crippen LogP contribution in [0.4, 0.5) is 0 Å². The van der Waals surface area contributed by atoms with Gasteiger partial charge in [0.05, 0.1) is 8.07 Å². The molecule has 0 radical (unpaired) electrons. The van der Waals surface area contributed by atoms with Gasteiger partial charge in [-0.2, -0.15) is 0 Å². The first-order chi connectivity index (χ1) is 8.92. The summed E-state index contributed by atoms with van der Waals surface area (Å²) in [6, 6.07) is 4.87. The second-order valence-electron chi connectivity index (χ2n) is 6.19. The van der Waals surface area contributed by atoms with Crippen LogP contribution < -0.4 is 5.32 Å². The van der Waals surface area contributed by atoms with Crippen LogP contribution in [0.1, 0.15) is 61.3 Å². The molecule has 2 atom stereocenters. The molecule has 0 heterocycles. The molecular weight excluding hydrogens is 262 g/mol. The van der Waals surface area contributed by atoms with Crippen LogP contribution in [-0.4, -0.2) is 30.0 Å². The Bertz CT molecular complexity index is 270. The molecule has 0 saturated heterocycles. The molecule has 114 valence electrons. The molecule has 0 aliphatic rings. The molecule has 0 bridgehead atoms. The SMILES string of the molecule is CCC(NC(CC)[Si](CC)(CC)CC)C(C)=C(C)[SiH3]. The van der Waals surface area contributed by atoms with E-state index in [-0.39, 0.29) is 0 Å². The Balaban J connectivity index is 5.12. The van der Waals surface area contributed by atoms with Gasteiger partial charge in [0.2, 0.25) is 0 Å². The van der Waals surface area contributed by atoms with Gasteiger partial charge in [-0.25, -0.2) is 0 Å². The molecule has 0 amide bonds. The largest absolute Gasteiger partial charge is 0.310 e. The third-order valence-corrected chi connectivity index (χ3v) is 12.4. The van der Waals surface area contributed by atoms with Gasteiger partial charge in [0.25, 0.3) is 0 Å². The number of hydrogen-bond acceptors (Lipinski definition) is 1. The average molecular weight is 300 g/mol. The first-order valence-corrected chi connectivity index (χ1v) is 12.0. The fraction of sp³-hybridized carbons (Fsp3) is 0.875. The molecule has 0 aliphatic carbocycles. The summed E-state index contributed by atoms with van der Waals surface area (Å²) in [5, 5.41) is 5.67. The second-order valence-corrected chi connectivity index (χ2v) is 13.2. The van der Waals surface area contributed by atoms with Crippen molar-refractivity contribution < 1.29 is 0 Å². The van der Waals surface area contributed by atoms with Gasteiger partial charge in [-0.1, -0.05) is 63.5 Å². The highest BCUT2D eigenvalue weighted by molar-refractivity contribution is 6.81.